The van der Waals surface area contributed by atoms with Crippen LogP contribution in [0.5, 0.6) is 0 Å². The number of nitrogens with zero attached hydrogens (tertiary/aromatic N) is 2. The van der Waals surface area contributed by atoms with Crippen LogP contribution in [0.2, 0.25) is 5.02 Å². The first-order valence-electron chi connectivity index (χ1n) is 11.9. The van der Waals surface area contributed by atoms with Crippen LogP contribution in [0, 0.1) is 13.8 Å². The predicted octanol–water partition coefficient (Wildman–Crippen LogP) is 4.45. The lowest BCUT2D eigenvalue weighted by Crippen LogP contribution is -2.52. The van der Waals surface area contributed by atoms with Crippen LogP contribution in [-0.4, -0.2) is 50.5 Å². The summed E-state index contributed by atoms with van der Waals surface area (Å²) in [5.74, 6) is -0.743. The molecular formula is C26H36ClN3O4S. The number of nitrogens with one attached hydrogen (secondary N) is 1. The van der Waals surface area contributed by atoms with Crippen LogP contribution in [0.4, 0.5) is 5.69 Å². The minimum atomic E-state index is -3.78. The highest BCUT2D eigenvalue weighted by Crippen LogP contribution is 2.26. The average molecular weight is 522 g/mol. The second-order valence-corrected chi connectivity index (χ2v) is 11.0. The molecule has 0 heterocycles. The fraction of sp³-hybridized carbons (Fsp3) is 0.462. The van der Waals surface area contributed by atoms with E-state index in [1.54, 1.807) is 30.3 Å². The lowest BCUT2D eigenvalue weighted by atomic mass is 10.1. The number of carbonyl (C=O) groups is 2. The lowest BCUT2D eigenvalue weighted by Gasteiger charge is -2.33. The molecule has 192 valence electrons. The molecule has 2 amide bonds. The van der Waals surface area contributed by atoms with E-state index >= 15 is 0 Å². The molecule has 0 unspecified atom stereocenters. The molecule has 1 atom stereocenters. The molecule has 35 heavy (non-hydrogen) atoms. The van der Waals surface area contributed by atoms with E-state index in [4.69, 9.17) is 11.6 Å². The van der Waals surface area contributed by atoms with Crippen molar-refractivity contribution in [2.45, 2.75) is 59.5 Å². The Kier molecular flexibility index (Phi) is 10.6. The average Bonchev–Trinajstić information content (AvgIpc) is 2.80. The minimum absolute atomic E-state index is 0.0859. The highest BCUT2D eigenvalue weighted by Gasteiger charge is 2.32. The molecular weight excluding hydrogens is 486 g/mol. The quantitative estimate of drug-likeness (QED) is 0.418. The van der Waals surface area contributed by atoms with Gasteiger partial charge in [0, 0.05) is 18.1 Å². The molecule has 0 aliphatic rings. The number of aryl methyl sites for hydroxylation is 1. The van der Waals surface area contributed by atoms with Crippen molar-refractivity contribution in [3.8, 4) is 0 Å². The summed E-state index contributed by atoms with van der Waals surface area (Å²) in [6.45, 7) is 7.75. The van der Waals surface area contributed by atoms with E-state index < -0.39 is 28.5 Å². The summed E-state index contributed by atoms with van der Waals surface area (Å²) >= 11 is 6.37. The second-order valence-electron chi connectivity index (χ2n) is 8.67. The van der Waals surface area contributed by atoms with Crippen LogP contribution in [0.25, 0.3) is 0 Å². The van der Waals surface area contributed by atoms with E-state index in [1.807, 2.05) is 39.8 Å². The van der Waals surface area contributed by atoms with Crippen LogP contribution in [0.15, 0.2) is 42.5 Å². The number of halogens is 1. The van der Waals surface area contributed by atoms with E-state index in [9.17, 15) is 18.0 Å². The van der Waals surface area contributed by atoms with E-state index in [2.05, 4.69) is 5.32 Å². The van der Waals surface area contributed by atoms with Crippen LogP contribution in [-0.2, 0) is 26.2 Å². The zero-order valence-electron chi connectivity index (χ0n) is 21.2. The van der Waals surface area contributed by atoms with E-state index in [1.165, 1.54) is 4.90 Å². The van der Waals surface area contributed by atoms with Crippen LogP contribution in [0.3, 0.4) is 0 Å². The SMILES string of the molecule is CCCCNC(=O)[C@@H](CC)N(Cc1ccccc1Cl)C(=O)CN(c1cccc(C)c1C)S(C)(=O)=O. The van der Waals surface area contributed by atoms with Crippen molar-refractivity contribution in [2.24, 2.45) is 0 Å². The molecule has 0 fully saturated rings. The van der Waals surface area contributed by atoms with Gasteiger partial charge < -0.3 is 10.2 Å². The molecule has 9 heteroatoms. The fourth-order valence-electron chi connectivity index (χ4n) is 3.84. The molecule has 2 aromatic carbocycles. The number of sulfonamides is 1. The van der Waals surface area contributed by atoms with Gasteiger partial charge in [0.2, 0.25) is 21.8 Å². The Balaban J connectivity index is 2.46. The molecule has 0 aliphatic carbocycles. The first-order valence-corrected chi connectivity index (χ1v) is 14.1. The van der Waals surface area contributed by atoms with Crippen molar-refractivity contribution in [2.75, 3.05) is 23.7 Å². The maximum Gasteiger partial charge on any atom is 0.244 e. The monoisotopic (exact) mass is 521 g/mol. The van der Waals surface area contributed by atoms with Crippen LogP contribution >= 0.6 is 11.6 Å². The van der Waals surface area contributed by atoms with Crippen molar-refractivity contribution < 1.29 is 18.0 Å². The summed E-state index contributed by atoms with van der Waals surface area (Å²) < 4.78 is 26.6. The summed E-state index contributed by atoms with van der Waals surface area (Å²) in [6, 6.07) is 11.7. The molecule has 1 N–H and O–H groups in total. The van der Waals surface area contributed by atoms with Crippen molar-refractivity contribution in [3.05, 3.63) is 64.2 Å². The minimum Gasteiger partial charge on any atom is -0.354 e. The molecule has 0 saturated carbocycles. The number of anilines is 1. The van der Waals surface area contributed by atoms with Crippen molar-refractivity contribution in [1.82, 2.24) is 10.2 Å². The predicted molar refractivity (Wildman–Crippen MR) is 142 cm³/mol. The smallest absolute Gasteiger partial charge is 0.244 e. The van der Waals surface area contributed by atoms with Gasteiger partial charge in [-0.1, -0.05) is 62.2 Å². The van der Waals surface area contributed by atoms with Gasteiger partial charge in [-0.2, -0.15) is 0 Å². The number of amides is 2. The zero-order chi connectivity index (χ0) is 26.2. The summed E-state index contributed by atoms with van der Waals surface area (Å²) in [5, 5.41) is 3.38. The fourth-order valence-corrected chi connectivity index (χ4v) is 4.93. The van der Waals surface area contributed by atoms with Gasteiger partial charge in [-0.05, 0) is 55.5 Å². The zero-order valence-corrected chi connectivity index (χ0v) is 22.7. The highest BCUT2D eigenvalue weighted by atomic mass is 35.5. The van der Waals surface area contributed by atoms with Gasteiger partial charge in [-0.25, -0.2) is 8.42 Å². The Labute approximate surface area is 214 Å². The Hall–Kier alpha value is -2.58. The van der Waals surface area contributed by atoms with Crippen LogP contribution in [0.1, 0.15) is 49.8 Å². The van der Waals surface area contributed by atoms with Gasteiger partial charge in [-0.15, -0.1) is 0 Å². The number of unbranched alkanes of at least 4 members (excludes halogenated alkanes) is 1. The highest BCUT2D eigenvalue weighted by molar-refractivity contribution is 7.92. The molecule has 0 aromatic heterocycles. The van der Waals surface area contributed by atoms with Gasteiger partial charge in [0.25, 0.3) is 0 Å². The van der Waals surface area contributed by atoms with E-state index in [0.29, 0.717) is 29.2 Å². The Morgan fingerprint density at radius 1 is 1.06 bits per heavy atom. The molecule has 0 spiro atoms. The number of carbonyl (C=O) groups excluding carboxylic acids is 2. The standard InChI is InChI=1S/C26H36ClN3O4S/c1-6-8-16-28-26(32)23(7-2)29(17-21-13-9-10-14-22(21)27)25(31)18-30(35(5,33)34)24-15-11-12-19(3)20(24)4/h9-15,23H,6-8,16-18H2,1-5H3,(H,28,32)/t23-/m1/s1. The van der Waals surface area contributed by atoms with E-state index in [-0.39, 0.29) is 12.5 Å². The summed E-state index contributed by atoms with van der Waals surface area (Å²) in [6.07, 6.45) is 3.21. The van der Waals surface area contributed by atoms with Gasteiger partial charge in [0.15, 0.2) is 0 Å². The number of hydrogen-bond acceptors (Lipinski definition) is 4. The van der Waals surface area contributed by atoms with Gasteiger partial charge >= 0.3 is 0 Å². The van der Waals surface area contributed by atoms with Crippen molar-refractivity contribution >= 4 is 39.1 Å². The molecule has 0 aliphatic heterocycles. The van der Waals surface area contributed by atoms with Crippen molar-refractivity contribution in [1.29, 1.82) is 0 Å². The maximum atomic E-state index is 13.7. The van der Waals surface area contributed by atoms with Gasteiger partial charge in [0.05, 0.1) is 11.9 Å². The Morgan fingerprint density at radius 2 is 1.74 bits per heavy atom. The third kappa shape index (κ3) is 7.70. The largest absolute Gasteiger partial charge is 0.354 e. The lowest BCUT2D eigenvalue weighted by molar-refractivity contribution is -0.140. The molecule has 7 nitrogen and oxygen atoms in total. The van der Waals surface area contributed by atoms with E-state index in [0.717, 1.165) is 34.5 Å². The summed E-state index contributed by atoms with van der Waals surface area (Å²) in [4.78, 5) is 28.2. The Morgan fingerprint density at radius 3 is 2.34 bits per heavy atom. The number of benzene rings is 2. The number of rotatable bonds is 12. The second kappa shape index (κ2) is 12.9. The third-order valence-electron chi connectivity index (χ3n) is 6.04. The van der Waals surface area contributed by atoms with Gasteiger partial charge in [-0.3, -0.25) is 13.9 Å². The number of hydrogen-bond donors (Lipinski definition) is 1. The van der Waals surface area contributed by atoms with Crippen molar-refractivity contribution in [3.63, 3.8) is 0 Å². The third-order valence-corrected chi connectivity index (χ3v) is 7.53. The first-order chi connectivity index (χ1) is 16.5. The van der Waals surface area contributed by atoms with Crippen LogP contribution < -0.4 is 9.62 Å². The van der Waals surface area contributed by atoms with Gasteiger partial charge in [0.1, 0.15) is 12.6 Å². The Bertz CT molecular complexity index is 1140. The molecule has 0 bridgehead atoms. The first kappa shape index (κ1) is 28.7. The molecule has 2 aromatic rings. The molecule has 0 radical (unpaired) electrons. The molecule has 0 saturated heterocycles. The maximum absolute atomic E-state index is 13.7. The normalized spacial score (nSPS) is 12.2. The molecule has 2 rings (SSSR count). The topological polar surface area (TPSA) is 86.8 Å². The summed E-state index contributed by atoms with van der Waals surface area (Å²) in [7, 11) is -3.78. The summed E-state index contributed by atoms with van der Waals surface area (Å²) in [5.41, 5.74) is 2.81.